The van der Waals surface area contributed by atoms with Crippen molar-refractivity contribution in [1.29, 1.82) is 0 Å². The van der Waals surface area contributed by atoms with Crippen LogP contribution in [0.25, 0.3) is 0 Å². The number of hydroxylamine groups is 2. The molecule has 1 heterocycles. The van der Waals surface area contributed by atoms with E-state index >= 15 is 0 Å². The summed E-state index contributed by atoms with van der Waals surface area (Å²) in [5.41, 5.74) is -4.41. The van der Waals surface area contributed by atoms with Gasteiger partial charge in [-0.05, 0) is 60.6 Å². The second-order valence-corrected chi connectivity index (χ2v) is 12.5. The second kappa shape index (κ2) is 10.6. The first-order valence-electron chi connectivity index (χ1n) is 11.4. The van der Waals surface area contributed by atoms with Crippen molar-refractivity contribution in [3.05, 3.63) is 29.8 Å². The predicted octanol–water partition coefficient (Wildman–Crippen LogP) is 3.13. The predicted molar refractivity (Wildman–Crippen MR) is 137 cm³/mol. The number of hydrazone groups is 1. The Morgan fingerprint density at radius 2 is 1.55 bits per heavy atom. The van der Waals surface area contributed by atoms with Crippen LogP contribution in [0.5, 0.6) is 0 Å². The van der Waals surface area contributed by atoms with Gasteiger partial charge in [-0.1, -0.05) is 17.3 Å². The van der Waals surface area contributed by atoms with E-state index in [1.54, 1.807) is 41.5 Å². The number of rotatable bonds is 5. The maximum Gasteiger partial charge on any atom is 0.534 e. The fraction of sp³-hybridized carbons (Fsp3) is 0.542. The van der Waals surface area contributed by atoms with E-state index in [9.17, 15) is 22.8 Å². The van der Waals surface area contributed by atoms with Crippen molar-refractivity contribution in [2.75, 3.05) is 20.4 Å². The van der Waals surface area contributed by atoms with Gasteiger partial charge >= 0.3 is 12.2 Å². The summed E-state index contributed by atoms with van der Waals surface area (Å²) in [7, 11) is -0.977. The van der Waals surface area contributed by atoms with Crippen LogP contribution in [0.1, 0.15) is 54.0 Å². The van der Waals surface area contributed by atoms with Gasteiger partial charge in [0.1, 0.15) is 24.0 Å². The minimum atomic E-state index is -3.53. The monoisotopic (exact) mass is 554 g/mol. The SMILES string of the molecule is CON=C(C)C1(N(OC(=O)OC(C)(C)C)C(=O)OC(C)(C)C)C(=O)N(C)N=C1c1ccc(S(C)(=O)=O)cc1. The average Bonchev–Trinajstić information content (AvgIpc) is 3.00. The van der Waals surface area contributed by atoms with E-state index in [0.717, 1.165) is 11.3 Å². The summed E-state index contributed by atoms with van der Waals surface area (Å²) < 4.78 is 34.7. The molecule has 0 bridgehead atoms. The van der Waals surface area contributed by atoms with E-state index in [1.165, 1.54) is 45.3 Å². The first-order chi connectivity index (χ1) is 17.2. The summed E-state index contributed by atoms with van der Waals surface area (Å²) in [6, 6.07) is 5.43. The summed E-state index contributed by atoms with van der Waals surface area (Å²) in [6.45, 7) is 10.9. The zero-order valence-electron chi connectivity index (χ0n) is 23.2. The molecule has 0 aromatic heterocycles. The molecule has 2 amide bonds. The third-order valence-electron chi connectivity index (χ3n) is 4.92. The highest BCUT2D eigenvalue weighted by molar-refractivity contribution is 7.90. The largest absolute Gasteiger partial charge is 0.534 e. The summed E-state index contributed by atoms with van der Waals surface area (Å²) in [6.07, 6.45) is -1.48. The number of ether oxygens (including phenoxy) is 2. The van der Waals surface area contributed by atoms with Gasteiger partial charge in [0.2, 0.25) is 5.54 Å². The van der Waals surface area contributed by atoms with Crippen molar-refractivity contribution in [3.63, 3.8) is 0 Å². The topological polar surface area (TPSA) is 153 Å². The van der Waals surface area contributed by atoms with E-state index in [-0.39, 0.29) is 21.9 Å². The summed E-state index contributed by atoms with van der Waals surface area (Å²) in [5, 5.41) is 9.54. The van der Waals surface area contributed by atoms with Gasteiger partial charge in [0.25, 0.3) is 5.91 Å². The van der Waals surface area contributed by atoms with Gasteiger partial charge in [-0.25, -0.2) is 23.0 Å². The lowest BCUT2D eigenvalue weighted by atomic mass is 9.84. The summed E-state index contributed by atoms with van der Waals surface area (Å²) in [5.74, 6) is -0.840. The van der Waals surface area contributed by atoms with Crippen LogP contribution in [-0.2, 0) is 33.8 Å². The molecule has 1 aliphatic heterocycles. The molecule has 1 aromatic rings. The van der Waals surface area contributed by atoms with E-state index in [0.29, 0.717) is 5.06 Å². The molecule has 0 radical (unpaired) electrons. The van der Waals surface area contributed by atoms with Gasteiger partial charge in [-0.15, -0.1) is 5.06 Å². The van der Waals surface area contributed by atoms with Crippen LogP contribution in [0, 0.1) is 0 Å². The Bertz CT molecular complexity index is 1260. The lowest BCUT2D eigenvalue weighted by Crippen LogP contribution is -2.66. The van der Waals surface area contributed by atoms with E-state index < -0.39 is 44.7 Å². The minimum absolute atomic E-state index is 0.0152. The highest BCUT2D eigenvalue weighted by atomic mass is 32.2. The Morgan fingerprint density at radius 3 is 2.00 bits per heavy atom. The molecule has 1 unspecified atom stereocenters. The highest BCUT2D eigenvalue weighted by Crippen LogP contribution is 2.34. The van der Waals surface area contributed by atoms with Crippen LogP contribution < -0.4 is 0 Å². The van der Waals surface area contributed by atoms with Crippen molar-refractivity contribution in [2.45, 2.75) is 70.1 Å². The molecule has 0 saturated carbocycles. The Kier molecular flexibility index (Phi) is 8.51. The smallest absolute Gasteiger partial charge is 0.442 e. The average molecular weight is 555 g/mol. The number of carbonyl (C=O) groups excluding carboxylic acids is 3. The molecule has 1 atom stereocenters. The first-order valence-corrected chi connectivity index (χ1v) is 13.3. The number of hydrogen-bond acceptors (Lipinski definition) is 11. The number of oxime groups is 1. The Morgan fingerprint density at radius 1 is 1.03 bits per heavy atom. The molecule has 0 fully saturated rings. The molecule has 0 spiro atoms. The number of likely N-dealkylation sites (N-methyl/N-ethyl adjacent to an activating group) is 1. The Hall–Kier alpha value is -3.68. The normalized spacial score (nSPS) is 18.6. The lowest BCUT2D eigenvalue weighted by molar-refractivity contribution is -0.169. The van der Waals surface area contributed by atoms with E-state index in [1.807, 2.05) is 0 Å². The Labute approximate surface area is 222 Å². The molecule has 13 nitrogen and oxygen atoms in total. The maximum absolute atomic E-state index is 13.8. The van der Waals surface area contributed by atoms with E-state index in [4.69, 9.17) is 19.1 Å². The van der Waals surface area contributed by atoms with Crippen LogP contribution in [-0.4, -0.2) is 85.2 Å². The van der Waals surface area contributed by atoms with Gasteiger partial charge in [0.15, 0.2) is 9.84 Å². The molecule has 1 aliphatic rings. The van der Waals surface area contributed by atoms with Gasteiger partial charge in [0, 0.05) is 18.9 Å². The minimum Gasteiger partial charge on any atom is -0.442 e. The molecule has 0 saturated heterocycles. The molecule has 1 aromatic carbocycles. The Balaban J connectivity index is 2.86. The van der Waals surface area contributed by atoms with Gasteiger partial charge in [-0.3, -0.25) is 9.63 Å². The van der Waals surface area contributed by atoms with Crippen LogP contribution in [0.2, 0.25) is 0 Å². The van der Waals surface area contributed by atoms with Crippen LogP contribution in [0.15, 0.2) is 39.4 Å². The van der Waals surface area contributed by atoms with Crippen molar-refractivity contribution in [1.82, 2.24) is 10.1 Å². The van der Waals surface area contributed by atoms with Crippen LogP contribution in [0.4, 0.5) is 9.59 Å². The molecule has 0 N–H and O–H groups in total. The van der Waals surface area contributed by atoms with Gasteiger partial charge in [-0.2, -0.15) is 5.10 Å². The number of amides is 2. The zero-order valence-corrected chi connectivity index (χ0v) is 24.0. The number of nitrogens with zero attached hydrogens (tertiary/aromatic N) is 4. The summed E-state index contributed by atoms with van der Waals surface area (Å²) >= 11 is 0. The maximum atomic E-state index is 13.8. The standard InChI is InChI=1S/C24H34N4O9S/c1-15(26-34-9)24(28(20(30)35-22(2,3)4)37-21(31)36-23(5,6)7)18(25-27(8)19(24)29)16-11-13-17(14-12-16)38(10,32)33/h11-14H,1-10H3. The fourth-order valence-corrected chi connectivity index (χ4v) is 4.11. The van der Waals surface area contributed by atoms with Crippen LogP contribution in [0.3, 0.4) is 0 Å². The third kappa shape index (κ3) is 6.60. The van der Waals surface area contributed by atoms with Gasteiger partial charge in [0.05, 0.1) is 10.6 Å². The van der Waals surface area contributed by atoms with Crippen molar-refractivity contribution in [2.24, 2.45) is 10.3 Å². The number of carbonyl (C=O) groups is 3. The molecule has 38 heavy (non-hydrogen) atoms. The lowest BCUT2D eigenvalue weighted by Gasteiger charge is -2.37. The van der Waals surface area contributed by atoms with Crippen LogP contribution >= 0.6 is 0 Å². The summed E-state index contributed by atoms with van der Waals surface area (Å²) in [4.78, 5) is 50.5. The molecule has 210 valence electrons. The third-order valence-corrected chi connectivity index (χ3v) is 6.05. The first kappa shape index (κ1) is 30.5. The zero-order chi connectivity index (χ0) is 29.3. The molecule has 0 aliphatic carbocycles. The molecule has 2 rings (SSSR count). The number of sulfone groups is 1. The molecule has 14 heteroatoms. The van der Waals surface area contributed by atoms with Gasteiger partial charge < -0.3 is 14.3 Å². The number of hydrogen-bond donors (Lipinski definition) is 0. The van der Waals surface area contributed by atoms with Crippen molar-refractivity contribution in [3.8, 4) is 0 Å². The quantitative estimate of drug-likeness (QED) is 0.303. The van der Waals surface area contributed by atoms with E-state index in [2.05, 4.69) is 10.3 Å². The number of benzene rings is 1. The second-order valence-electron chi connectivity index (χ2n) is 10.5. The van der Waals surface area contributed by atoms with Crippen molar-refractivity contribution < 1.29 is 42.0 Å². The molecular weight excluding hydrogens is 520 g/mol. The highest BCUT2D eigenvalue weighted by Gasteiger charge is 2.63. The van der Waals surface area contributed by atoms with Crippen molar-refractivity contribution >= 4 is 39.4 Å². The molecular formula is C24H34N4O9S. The fourth-order valence-electron chi connectivity index (χ4n) is 3.48.